The van der Waals surface area contributed by atoms with Crippen molar-refractivity contribution in [1.29, 1.82) is 0 Å². The molecule has 2 nitrogen and oxygen atoms in total. The van der Waals surface area contributed by atoms with Gasteiger partial charge in [-0.15, -0.1) is 0 Å². The molecule has 0 radical (unpaired) electrons. The minimum absolute atomic E-state index is 0.204. The maximum atomic E-state index is 11.1. The smallest absolute Gasteiger partial charge is 0.330 e. The Balaban J connectivity index is 2.24. The molecule has 0 N–H and O–H groups in total. The van der Waals surface area contributed by atoms with E-state index in [4.69, 9.17) is 4.74 Å². The molecule has 0 spiro atoms. The number of esters is 1. The number of allylic oxidation sites excluding steroid dienone is 1. The Bertz CT molecular complexity index is 264. The van der Waals surface area contributed by atoms with Crippen LogP contribution in [0.3, 0.4) is 0 Å². The molecule has 0 saturated heterocycles. The second-order valence-corrected chi connectivity index (χ2v) is 5.17. The molecule has 0 amide bonds. The summed E-state index contributed by atoms with van der Waals surface area (Å²) in [6.45, 7) is 8.91. The number of hydrogen-bond donors (Lipinski definition) is 0. The van der Waals surface area contributed by atoms with E-state index in [-0.39, 0.29) is 5.97 Å². The Morgan fingerprint density at radius 2 is 2.13 bits per heavy atom. The van der Waals surface area contributed by atoms with E-state index in [1.807, 2.05) is 13.8 Å². The Morgan fingerprint density at radius 1 is 1.53 bits per heavy atom. The normalized spacial score (nSPS) is 23.7. The summed E-state index contributed by atoms with van der Waals surface area (Å²) in [4.78, 5) is 11.1. The van der Waals surface area contributed by atoms with Crippen LogP contribution in [0, 0.1) is 11.3 Å². The largest absolute Gasteiger partial charge is 0.463 e. The van der Waals surface area contributed by atoms with Crippen molar-refractivity contribution in [3.63, 3.8) is 0 Å². The Hall–Kier alpha value is -0.790. The van der Waals surface area contributed by atoms with Gasteiger partial charge in [-0.1, -0.05) is 19.4 Å². The Labute approximate surface area is 92.7 Å². The molecule has 0 heterocycles. The first-order valence-corrected chi connectivity index (χ1v) is 5.79. The van der Waals surface area contributed by atoms with Crippen LogP contribution in [0.4, 0.5) is 0 Å². The molecule has 1 saturated carbocycles. The first-order valence-electron chi connectivity index (χ1n) is 5.79. The van der Waals surface area contributed by atoms with Crippen LogP contribution in [0.2, 0.25) is 0 Å². The average molecular weight is 210 g/mol. The van der Waals surface area contributed by atoms with Gasteiger partial charge in [-0.25, -0.2) is 4.79 Å². The van der Waals surface area contributed by atoms with Crippen molar-refractivity contribution in [2.45, 2.75) is 47.0 Å². The quantitative estimate of drug-likeness (QED) is 0.514. The van der Waals surface area contributed by atoms with Crippen LogP contribution in [0.5, 0.6) is 0 Å². The van der Waals surface area contributed by atoms with Crippen molar-refractivity contribution < 1.29 is 9.53 Å². The summed E-state index contributed by atoms with van der Waals surface area (Å²) < 4.78 is 4.86. The predicted molar refractivity (Wildman–Crippen MR) is 61.5 cm³/mol. The van der Waals surface area contributed by atoms with E-state index in [0.29, 0.717) is 12.0 Å². The second kappa shape index (κ2) is 4.82. The van der Waals surface area contributed by atoms with Gasteiger partial charge in [0.2, 0.25) is 0 Å². The standard InChI is InChI=1S/C13H22O2/c1-5-15-12(14)8-10(2)6-7-11-9-13(11,3)4/h8,11H,5-7,9H2,1-4H3/b10-8+. The topological polar surface area (TPSA) is 26.3 Å². The van der Waals surface area contributed by atoms with Crippen LogP contribution in [0.1, 0.15) is 47.0 Å². The van der Waals surface area contributed by atoms with Gasteiger partial charge >= 0.3 is 5.97 Å². The van der Waals surface area contributed by atoms with Crippen LogP contribution < -0.4 is 0 Å². The monoisotopic (exact) mass is 210 g/mol. The van der Waals surface area contributed by atoms with Crippen LogP contribution in [-0.2, 0) is 9.53 Å². The lowest BCUT2D eigenvalue weighted by Gasteiger charge is -2.03. The Kier molecular flexibility index (Phi) is 3.95. The maximum absolute atomic E-state index is 11.1. The summed E-state index contributed by atoms with van der Waals surface area (Å²) in [5.74, 6) is 0.646. The Morgan fingerprint density at radius 3 is 2.60 bits per heavy atom. The molecule has 1 aliphatic carbocycles. The third-order valence-electron chi connectivity index (χ3n) is 3.26. The van der Waals surface area contributed by atoms with E-state index in [9.17, 15) is 4.79 Å². The van der Waals surface area contributed by atoms with Crippen LogP contribution in [0.15, 0.2) is 11.6 Å². The minimum atomic E-state index is -0.204. The molecular weight excluding hydrogens is 188 g/mol. The first kappa shape index (κ1) is 12.3. The van der Waals surface area contributed by atoms with Crippen molar-refractivity contribution in [2.75, 3.05) is 6.61 Å². The van der Waals surface area contributed by atoms with E-state index in [1.54, 1.807) is 6.08 Å². The van der Waals surface area contributed by atoms with Crippen molar-refractivity contribution in [3.8, 4) is 0 Å². The van der Waals surface area contributed by atoms with Crippen molar-refractivity contribution in [2.24, 2.45) is 11.3 Å². The number of rotatable bonds is 5. The molecule has 1 rings (SSSR count). The molecule has 0 aromatic carbocycles. The van der Waals surface area contributed by atoms with Crippen LogP contribution >= 0.6 is 0 Å². The van der Waals surface area contributed by atoms with E-state index in [2.05, 4.69) is 13.8 Å². The molecule has 0 aliphatic heterocycles. The summed E-state index contributed by atoms with van der Waals surface area (Å²) in [5, 5.41) is 0. The highest BCUT2D eigenvalue weighted by molar-refractivity contribution is 5.82. The van der Waals surface area contributed by atoms with Crippen molar-refractivity contribution >= 4 is 5.97 Å². The molecule has 86 valence electrons. The summed E-state index contributed by atoms with van der Waals surface area (Å²) in [5.41, 5.74) is 1.68. The van der Waals surface area contributed by atoms with Gasteiger partial charge in [0.05, 0.1) is 6.61 Å². The summed E-state index contributed by atoms with van der Waals surface area (Å²) in [6.07, 6.45) is 5.18. The van der Waals surface area contributed by atoms with Gasteiger partial charge < -0.3 is 4.74 Å². The SMILES string of the molecule is CCOC(=O)/C=C(\C)CCC1CC1(C)C. The number of hydrogen-bond acceptors (Lipinski definition) is 2. The highest BCUT2D eigenvalue weighted by Crippen LogP contribution is 2.54. The zero-order valence-electron chi connectivity index (χ0n) is 10.3. The highest BCUT2D eigenvalue weighted by Gasteiger charge is 2.44. The lowest BCUT2D eigenvalue weighted by atomic mass is 10.0. The van der Waals surface area contributed by atoms with E-state index in [1.165, 1.54) is 12.8 Å². The van der Waals surface area contributed by atoms with Crippen LogP contribution in [-0.4, -0.2) is 12.6 Å². The van der Waals surface area contributed by atoms with Gasteiger partial charge in [-0.2, -0.15) is 0 Å². The third-order valence-corrected chi connectivity index (χ3v) is 3.26. The van der Waals surface area contributed by atoms with Gasteiger partial charge in [-0.3, -0.25) is 0 Å². The summed E-state index contributed by atoms with van der Waals surface area (Å²) in [6, 6.07) is 0. The van der Waals surface area contributed by atoms with Gasteiger partial charge in [0.15, 0.2) is 0 Å². The molecule has 1 fully saturated rings. The lowest BCUT2D eigenvalue weighted by molar-refractivity contribution is -0.137. The molecular formula is C13H22O2. The molecule has 0 bridgehead atoms. The van der Waals surface area contributed by atoms with Gasteiger partial charge in [0, 0.05) is 6.08 Å². The van der Waals surface area contributed by atoms with E-state index < -0.39 is 0 Å². The number of carbonyl (C=O) groups is 1. The predicted octanol–water partition coefficient (Wildman–Crippen LogP) is 3.32. The minimum Gasteiger partial charge on any atom is -0.463 e. The second-order valence-electron chi connectivity index (χ2n) is 5.17. The highest BCUT2D eigenvalue weighted by atomic mass is 16.5. The first-order chi connectivity index (χ1) is 6.95. The molecule has 0 aromatic heterocycles. The van der Waals surface area contributed by atoms with Crippen LogP contribution in [0.25, 0.3) is 0 Å². The van der Waals surface area contributed by atoms with E-state index >= 15 is 0 Å². The molecule has 0 aromatic rings. The fourth-order valence-corrected chi connectivity index (χ4v) is 1.93. The molecule has 1 unspecified atom stereocenters. The average Bonchev–Trinajstić information content (AvgIpc) is 2.71. The van der Waals surface area contributed by atoms with Gasteiger partial charge in [0.1, 0.15) is 0 Å². The fourth-order valence-electron chi connectivity index (χ4n) is 1.93. The molecule has 1 atom stereocenters. The van der Waals surface area contributed by atoms with Gasteiger partial charge in [-0.05, 0) is 44.4 Å². The van der Waals surface area contributed by atoms with E-state index in [0.717, 1.165) is 17.9 Å². The summed E-state index contributed by atoms with van der Waals surface area (Å²) >= 11 is 0. The summed E-state index contributed by atoms with van der Waals surface area (Å²) in [7, 11) is 0. The van der Waals surface area contributed by atoms with Crippen molar-refractivity contribution in [1.82, 2.24) is 0 Å². The zero-order valence-corrected chi connectivity index (χ0v) is 10.3. The zero-order chi connectivity index (χ0) is 11.5. The lowest BCUT2D eigenvalue weighted by Crippen LogP contribution is -2.00. The number of ether oxygens (including phenoxy) is 1. The third kappa shape index (κ3) is 4.06. The molecule has 15 heavy (non-hydrogen) atoms. The fraction of sp³-hybridized carbons (Fsp3) is 0.769. The number of carbonyl (C=O) groups excluding carboxylic acids is 1. The van der Waals surface area contributed by atoms with Crippen molar-refractivity contribution in [3.05, 3.63) is 11.6 Å². The maximum Gasteiger partial charge on any atom is 0.330 e. The van der Waals surface area contributed by atoms with Gasteiger partial charge in [0.25, 0.3) is 0 Å². The molecule has 2 heteroatoms. The molecule has 1 aliphatic rings.